The number of benzene rings is 3. The third kappa shape index (κ3) is 6.81. The number of methoxy groups -OCH3 is 1. The number of pyridine rings is 2. The summed E-state index contributed by atoms with van der Waals surface area (Å²) in [5.41, 5.74) is 0.989. The smallest absolute Gasteiger partial charge is 0.416 e. The number of nitrogens with one attached hydrogen (secondary N) is 4. The van der Waals surface area contributed by atoms with E-state index in [4.69, 9.17) is 4.74 Å². The van der Waals surface area contributed by atoms with Crippen LogP contribution in [-0.4, -0.2) is 29.0 Å². The molecule has 0 saturated heterocycles. The first kappa shape index (κ1) is 28.9. The molecule has 5 aromatic rings. The Bertz CT molecular complexity index is 1810. The molecule has 0 saturated carbocycles. The van der Waals surface area contributed by atoms with Gasteiger partial charge in [-0.1, -0.05) is 24.3 Å². The van der Waals surface area contributed by atoms with E-state index in [1.165, 1.54) is 12.1 Å². The van der Waals surface area contributed by atoms with Crippen molar-refractivity contribution >= 4 is 51.4 Å². The first-order chi connectivity index (χ1) is 20.6. The molecule has 218 valence electrons. The summed E-state index contributed by atoms with van der Waals surface area (Å²) in [5.74, 6) is 1.28. The number of carbonyl (C=O) groups excluding carboxylic acids is 2. The molecule has 0 bridgehead atoms. The highest BCUT2D eigenvalue weighted by atomic mass is 19.4. The van der Waals surface area contributed by atoms with Crippen molar-refractivity contribution < 1.29 is 27.5 Å². The SMILES string of the molecule is COc1ccc(Nc2nccc3c(C(=O)Nc4cc(NC(=O)Nc5cccc(C(F)(F)F)c5)ccc4C)cccc23)nc1. The Balaban J connectivity index is 1.32. The maximum atomic E-state index is 13.4. The third-order valence-electron chi connectivity index (χ3n) is 6.46. The Morgan fingerprint density at radius 1 is 0.814 bits per heavy atom. The minimum absolute atomic E-state index is 0.0185. The average Bonchev–Trinajstić information content (AvgIpc) is 2.99. The molecular formula is C31H25F3N6O3. The summed E-state index contributed by atoms with van der Waals surface area (Å²) in [6.45, 7) is 1.79. The van der Waals surface area contributed by atoms with Crippen LogP contribution in [0.15, 0.2) is 91.3 Å². The summed E-state index contributed by atoms with van der Waals surface area (Å²) in [5, 5.41) is 12.4. The molecule has 2 heterocycles. The maximum absolute atomic E-state index is 13.4. The highest BCUT2D eigenvalue weighted by Gasteiger charge is 2.30. The van der Waals surface area contributed by atoms with E-state index in [9.17, 15) is 22.8 Å². The van der Waals surface area contributed by atoms with Gasteiger partial charge in [0.15, 0.2) is 0 Å². The molecule has 0 aliphatic heterocycles. The van der Waals surface area contributed by atoms with E-state index in [0.717, 1.165) is 17.7 Å². The van der Waals surface area contributed by atoms with Crippen molar-refractivity contribution in [1.29, 1.82) is 0 Å². The second kappa shape index (κ2) is 12.1. The van der Waals surface area contributed by atoms with E-state index in [0.29, 0.717) is 45.1 Å². The van der Waals surface area contributed by atoms with Gasteiger partial charge in [-0.25, -0.2) is 14.8 Å². The number of amides is 3. The van der Waals surface area contributed by atoms with E-state index in [2.05, 4.69) is 31.2 Å². The van der Waals surface area contributed by atoms with Crippen LogP contribution in [0.1, 0.15) is 21.5 Å². The predicted molar refractivity (Wildman–Crippen MR) is 159 cm³/mol. The van der Waals surface area contributed by atoms with Crippen molar-refractivity contribution in [3.8, 4) is 5.75 Å². The molecule has 0 spiro atoms. The summed E-state index contributed by atoms with van der Waals surface area (Å²) in [7, 11) is 1.55. The summed E-state index contributed by atoms with van der Waals surface area (Å²) in [6, 6.07) is 19.0. The number of ether oxygens (including phenoxy) is 1. The topological polar surface area (TPSA) is 117 Å². The molecule has 0 fully saturated rings. The maximum Gasteiger partial charge on any atom is 0.416 e. The summed E-state index contributed by atoms with van der Waals surface area (Å²) >= 11 is 0. The molecule has 0 unspecified atom stereocenters. The predicted octanol–water partition coefficient (Wildman–Crippen LogP) is 7.61. The molecule has 12 heteroatoms. The number of halogens is 3. The molecule has 0 atom stereocenters. The number of carbonyl (C=O) groups is 2. The Kier molecular flexibility index (Phi) is 8.10. The molecule has 0 aliphatic carbocycles. The number of aromatic nitrogens is 2. The van der Waals surface area contributed by atoms with Crippen molar-refractivity contribution in [2.24, 2.45) is 0 Å². The zero-order valence-corrected chi connectivity index (χ0v) is 22.9. The Morgan fingerprint density at radius 3 is 2.30 bits per heavy atom. The summed E-state index contributed by atoms with van der Waals surface area (Å²) in [6.07, 6.45) is -1.37. The molecule has 9 nitrogen and oxygen atoms in total. The molecule has 0 radical (unpaired) electrons. The van der Waals surface area contributed by atoms with Crippen molar-refractivity contribution in [2.75, 3.05) is 28.4 Å². The van der Waals surface area contributed by atoms with Gasteiger partial charge in [0.1, 0.15) is 17.4 Å². The molecule has 2 aromatic heterocycles. The van der Waals surface area contributed by atoms with E-state index in [1.807, 2.05) is 6.07 Å². The Hall–Kier alpha value is -5.65. The van der Waals surface area contributed by atoms with Gasteiger partial charge in [-0.15, -0.1) is 0 Å². The van der Waals surface area contributed by atoms with Gasteiger partial charge in [0.25, 0.3) is 5.91 Å². The zero-order chi connectivity index (χ0) is 30.6. The fraction of sp³-hybridized carbons (Fsp3) is 0.0968. The molecular weight excluding hydrogens is 561 g/mol. The first-order valence-electron chi connectivity index (χ1n) is 12.9. The van der Waals surface area contributed by atoms with Gasteiger partial charge >= 0.3 is 12.2 Å². The molecule has 5 rings (SSSR count). The standard InChI is InChI=1S/C31H25F3N6O3/c1-18-9-10-21(38-30(42)37-20-6-3-5-19(15-20)31(32,33)34)16-26(18)39-29(41)25-8-4-7-24-23(25)13-14-35-28(24)40-27-12-11-22(43-2)17-36-27/h3-17H,1-2H3,(H,39,41)(H,35,36,40)(H2,37,38,42). The number of nitrogens with zero attached hydrogens (tertiary/aromatic N) is 2. The first-order valence-corrected chi connectivity index (χ1v) is 12.9. The number of fused-ring (bicyclic) bond motifs is 1. The zero-order valence-electron chi connectivity index (χ0n) is 22.9. The summed E-state index contributed by atoms with van der Waals surface area (Å²) in [4.78, 5) is 34.7. The number of hydrogen-bond acceptors (Lipinski definition) is 6. The van der Waals surface area contributed by atoms with E-state index in [1.54, 1.807) is 75.0 Å². The fourth-order valence-electron chi connectivity index (χ4n) is 4.29. The Morgan fingerprint density at radius 2 is 1.58 bits per heavy atom. The largest absolute Gasteiger partial charge is 0.495 e. The van der Waals surface area contributed by atoms with Gasteiger partial charge < -0.3 is 26.0 Å². The molecule has 43 heavy (non-hydrogen) atoms. The second-order valence-electron chi connectivity index (χ2n) is 9.41. The van der Waals surface area contributed by atoms with Crippen LogP contribution in [0, 0.1) is 6.92 Å². The molecule has 0 aliphatic rings. The van der Waals surface area contributed by atoms with Gasteiger partial charge in [0.05, 0.1) is 18.9 Å². The molecule has 3 aromatic carbocycles. The second-order valence-corrected chi connectivity index (χ2v) is 9.41. The molecule has 4 N–H and O–H groups in total. The number of alkyl halides is 3. The number of hydrogen-bond donors (Lipinski definition) is 4. The lowest BCUT2D eigenvalue weighted by Gasteiger charge is -2.14. The average molecular weight is 587 g/mol. The van der Waals surface area contributed by atoms with Crippen molar-refractivity contribution in [1.82, 2.24) is 9.97 Å². The fourth-order valence-corrected chi connectivity index (χ4v) is 4.29. The third-order valence-corrected chi connectivity index (χ3v) is 6.46. The van der Waals surface area contributed by atoms with Gasteiger partial charge in [0.2, 0.25) is 0 Å². The summed E-state index contributed by atoms with van der Waals surface area (Å²) < 4.78 is 44.2. The quantitative estimate of drug-likeness (QED) is 0.156. The van der Waals surface area contributed by atoms with Crippen molar-refractivity contribution in [3.63, 3.8) is 0 Å². The van der Waals surface area contributed by atoms with Crippen molar-refractivity contribution in [2.45, 2.75) is 13.1 Å². The van der Waals surface area contributed by atoms with Gasteiger partial charge in [-0.2, -0.15) is 13.2 Å². The van der Waals surface area contributed by atoms with E-state index < -0.39 is 17.8 Å². The van der Waals surface area contributed by atoms with Gasteiger partial charge in [-0.05, 0) is 72.5 Å². The van der Waals surface area contributed by atoms with E-state index in [-0.39, 0.29) is 11.6 Å². The lowest BCUT2D eigenvalue weighted by Crippen LogP contribution is -2.20. The van der Waals surface area contributed by atoms with Gasteiger partial charge in [-0.3, -0.25) is 4.79 Å². The van der Waals surface area contributed by atoms with Gasteiger partial charge in [0, 0.05) is 34.2 Å². The van der Waals surface area contributed by atoms with Crippen LogP contribution in [0.3, 0.4) is 0 Å². The number of rotatable bonds is 7. The number of urea groups is 1. The van der Waals surface area contributed by atoms with Crippen LogP contribution in [0.25, 0.3) is 10.8 Å². The van der Waals surface area contributed by atoms with Crippen molar-refractivity contribution in [3.05, 3.63) is 108 Å². The molecule has 3 amide bonds. The lowest BCUT2D eigenvalue weighted by atomic mass is 10.0. The van der Waals surface area contributed by atoms with Crippen LogP contribution < -0.4 is 26.0 Å². The van der Waals surface area contributed by atoms with Crippen LogP contribution in [0.4, 0.5) is 46.7 Å². The minimum Gasteiger partial charge on any atom is -0.495 e. The van der Waals surface area contributed by atoms with Crippen LogP contribution >= 0.6 is 0 Å². The van der Waals surface area contributed by atoms with Crippen LogP contribution in [0.5, 0.6) is 5.75 Å². The van der Waals surface area contributed by atoms with E-state index >= 15 is 0 Å². The Labute approximate surface area is 244 Å². The monoisotopic (exact) mass is 586 g/mol. The normalized spacial score (nSPS) is 11.1. The highest BCUT2D eigenvalue weighted by Crippen LogP contribution is 2.31. The highest BCUT2D eigenvalue weighted by molar-refractivity contribution is 6.14. The van der Waals surface area contributed by atoms with Crippen LogP contribution in [-0.2, 0) is 6.18 Å². The number of anilines is 5. The van der Waals surface area contributed by atoms with Crippen LogP contribution in [0.2, 0.25) is 0 Å². The minimum atomic E-state index is -4.54. The number of aryl methyl sites for hydroxylation is 1. The lowest BCUT2D eigenvalue weighted by molar-refractivity contribution is -0.137.